The molecule has 0 aromatic rings. The molecular weight excluding hydrogens is 116 g/mol. The lowest BCUT2D eigenvalue weighted by Crippen LogP contribution is -2.13. The molecule has 0 fully saturated rings. The Kier molecular flexibility index (Phi) is 4.10. The highest BCUT2D eigenvalue weighted by molar-refractivity contribution is 5.71. The zero-order valence-electron chi connectivity index (χ0n) is 6.02. The zero-order valence-corrected chi connectivity index (χ0v) is 6.02. The first-order valence-electron chi connectivity index (χ1n) is 3.18. The molecule has 0 heterocycles. The number of ether oxygens (including phenoxy) is 1. The Morgan fingerprint density at radius 1 is 1.78 bits per heavy atom. The van der Waals surface area contributed by atoms with Crippen molar-refractivity contribution < 1.29 is 9.53 Å². The maximum absolute atomic E-state index is 10.7. The highest BCUT2D eigenvalue weighted by atomic mass is 16.5. The molecule has 0 aliphatic heterocycles. The minimum Gasteiger partial charge on any atom is -0.465 e. The maximum Gasteiger partial charge on any atom is 0.308 e. The molecule has 0 aliphatic carbocycles. The fourth-order valence-corrected chi connectivity index (χ4v) is 0.410. The van der Waals surface area contributed by atoms with Gasteiger partial charge in [-0.3, -0.25) is 4.79 Å². The molecule has 2 nitrogen and oxygen atoms in total. The lowest BCUT2D eigenvalue weighted by Gasteiger charge is -2.05. The van der Waals surface area contributed by atoms with Crippen LogP contribution >= 0.6 is 0 Å². The second kappa shape index (κ2) is 4.36. The summed E-state index contributed by atoms with van der Waals surface area (Å²) in [4.78, 5) is 10.7. The molecule has 0 aromatic carbocycles. The first kappa shape index (κ1) is 8.47. The van der Waals surface area contributed by atoms with Crippen LogP contribution in [0.25, 0.3) is 0 Å². The van der Waals surface area contributed by atoms with Crippen LogP contribution in [-0.4, -0.2) is 12.6 Å². The molecule has 0 saturated carbocycles. The summed E-state index contributed by atoms with van der Waals surface area (Å²) in [5.74, 6) is -0.126. The predicted molar refractivity (Wildman–Crippen MR) is 35.8 cm³/mol. The Hall–Kier alpha value is -0.530. The SMILES string of the molecule is [CH2]COC(=O)C(C)CC. The molecule has 0 bridgehead atoms. The van der Waals surface area contributed by atoms with Gasteiger partial charge in [0.25, 0.3) is 0 Å². The summed E-state index contributed by atoms with van der Waals surface area (Å²) >= 11 is 0. The molecule has 0 spiro atoms. The van der Waals surface area contributed by atoms with Crippen molar-refractivity contribution in [2.45, 2.75) is 20.3 Å². The highest BCUT2D eigenvalue weighted by Gasteiger charge is 2.09. The van der Waals surface area contributed by atoms with Crippen molar-refractivity contribution in [1.29, 1.82) is 0 Å². The fraction of sp³-hybridized carbons (Fsp3) is 0.714. The first-order chi connectivity index (χ1) is 4.22. The van der Waals surface area contributed by atoms with E-state index in [0.717, 1.165) is 6.42 Å². The normalized spacial score (nSPS) is 12.8. The van der Waals surface area contributed by atoms with E-state index in [9.17, 15) is 4.79 Å². The van der Waals surface area contributed by atoms with Gasteiger partial charge in [0.05, 0.1) is 12.5 Å². The Morgan fingerprint density at radius 3 is 2.67 bits per heavy atom. The molecule has 1 radical (unpaired) electrons. The quantitative estimate of drug-likeness (QED) is 0.538. The van der Waals surface area contributed by atoms with E-state index in [2.05, 4.69) is 11.7 Å². The molecule has 0 saturated heterocycles. The average Bonchev–Trinajstić information content (AvgIpc) is 1.87. The summed E-state index contributed by atoms with van der Waals surface area (Å²) < 4.78 is 4.64. The van der Waals surface area contributed by atoms with Gasteiger partial charge in [-0.1, -0.05) is 13.8 Å². The molecule has 2 heteroatoms. The topological polar surface area (TPSA) is 26.3 Å². The van der Waals surface area contributed by atoms with Crippen molar-refractivity contribution in [1.82, 2.24) is 0 Å². The van der Waals surface area contributed by atoms with Crippen LogP contribution in [0, 0.1) is 12.8 Å². The van der Waals surface area contributed by atoms with E-state index >= 15 is 0 Å². The lowest BCUT2D eigenvalue weighted by molar-refractivity contribution is -0.146. The van der Waals surface area contributed by atoms with Crippen molar-refractivity contribution in [3.63, 3.8) is 0 Å². The maximum atomic E-state index is 10.7. The van der Waals surface area contributed by atoms with E-state index in [1.54, 1.807) is 0 Å². The molecule has 0 amide bonds. The van der Waals surface area contributed by atoms with Crippen LogP contribution in [0.4, 0.5) is 0 Å². The predicted octanol–water partition coefficient (Wildman–Crippen LogP) is 1.41. The van der Waals surface area contributed by atoms with Crippen LogP contribution in [-0.2, 0) is 9.53 Å². The van der Waals surface area contributed by atoms with E-state index < -0.39 is 0 Å². The van der Waals surface area contributed by atoms with Crippen LogP contribution in [0.1, 0.15) is 20.3 Å². The molecule has 0 aliphatic rings. The summed E-state index contributed by atoms with van der Waals surface area (Å²) in [6, 6.07) is 0. The number of carbonyl (C=O) groups excluding carboxylic acids is 1. The monoisotopic (exact) mass is 129 g/mol. The Morgan fingerprint density at radius 2 is 2.33 bits per heavy atom. The second-order valence-corrected chi connectivity index (χ2v) is 1.98. The standard InChI is InChI=1S/C7H13O2/c1-4-6(3)7(8)9-5-2/h6H,2,4-5H2,1,3H3. The largest absolute Gasteiger partial charge is 0.465 e. The van der Waals surface area contributed by atoms with E-state index in [1.165, 1.54) is 0 Å². The Labute approximate surface area is 56.2 Å². The molecule has 1 unspecified atom stereocenters. The average molecular weight is 129 g/mol. The van der Waals surface area contributed by atoms with Gasteiger partial charge >= 0.3 is 5.97 Å². The summed E-state index contributed by atoms with van der Waals surface area (Å²) in [6.07, 6.45) is 0.832. The number of esters is 1. The van der Waals surface area contributed by atoms with Gasteiger partial charge in [0.1, 0.15) is 0 Å². The van der Waals surface area contributed by atoms with Crippen LogP contribution in [0.5, 0.6) is 0 Å². The summed E-state index contributed by atoms with van der Waals surface area (Å²) in [6.45, 7) is 7.44. The van der Waals surface area contributed by atoms with Gasteiger partial charge in [0, 0.05) is 0 Å². The molecule has 0 N–H and O–H groups in total. The third kappa shape index (κ3) is 3.12. The van der Waals surface area contributed by atoms with Crippen LogP contribution in [0.2, 0.25) is 0 Å². The number of hydrogen-bond donors (Lipinski definition) is 0. The Bertz CT molecular complexity index is 88.9. The van der Waals surface area contributed by atoms with Crippen molar-refractivity contribution in [2.24, 2.45) is 5.92 Å². The van der Waals surface area contributed by atoms with Crippen LogP contribution in [0.3, 0.4) is 0 Å². The van der Waals surface area contributed by atoms with Gasteiger partial charge in [-0.25, -0.2) is 0 Å². The van der Waals surface area contributed by atoms with Gasteiger partial charge in [0.15, 0.2) is 0 Å². The van der Waals surface area contributed by atoms with E-state index in [-0.39, 0.29) is 18.5 Å². The third-order valence-electron chi connectivity index (χ3n) is 1.26. The third-order valence-corrected chi connectivity index (χ3v) is 1.26. The number of carbonyl (C=O) groups is 1. The molecule has 0 aromatic heterocycles. The zero-order chi connectivity index (χ0) is 7.28. The van der Waals surface area contributed by atoms with Gasteiger partial charge in [-0.2, -0.15) is 0 Å². The minimum absolute atomic E-state index is 0.0201. The molecule has 1 atom stereocenters. The Balaban J connectivity index is 3.46. The van der Waals surface area contributed by atoms with E-state index in [1.807, 2.05) is 13.8 Å². The van der Waals surface area contributed by atoms with Crippen molar-refractivity contribution in [3.8, 4) is 0 Å². The lowest BCUT2D eigenvalue weighted by atomic mass is 10.1. The molecule has 0 rings (SSSR count). The van der Waals surface area contributed by atoms with E-state index in [0.29, 0.717) is 0 Å². The van der Waals surface area contributed by atoms with Crippen molar-refractivity contribution in [2.75, 3.05) is 6.61 Å². The van der Waals surface area contributed by atoms with Gasteiger partial charge in [0.2, 0.25) is 0 Å². The fourth-order valence-electron chi connectivity index (χ4n) is 0.410. The minimum atomic E-state index is -0.146. The van der Waals surface area contributed by atoms with Gasteiger partial charge in [-0.15, -0.1) is 0 Å². The van der Waals surface area contributed by atoms with Gasteiger partial charge < -0.3 is 4.74 Å². The van der Waals surface area contributed by atoms with Crippen LogP contribution < -0.4 is 0 Å². The highest BCUT2D eigenvalue weighted by Crippen LogP contribution is 2.01. The van der Waals surface area contributed by atoms with Crippen molar-refractivity contribution >= 4 is 5.97 Å². The second-order valence-electron chi connectivity index (χ2n) is 1.98. The molecule has 9 heavy (non-hydrogen) atoms. The summed E-state index contributed by atoms with van der Waals surface area (Å²) in [5, 5.41) is 0. The number of hydrogen-bond acceptors (Lipinski definition) is 2. The van der Waals surface area contributed by atoms with Gasteiger partial charge in [-0.05, 0) is 13.3 Å². The number of rotatable bonds is 3. The molecular formula is C7H13O2. The first-order valence-corrected chi connectivity index (χ1v) is 3.18. The van der Waals surface area contributed by atoms with E-state index in [4.69, 9.17) is 0 Å². The summed E-state index contributed by atoms with van der Waals surface area (Å²) in [5.41, 5.74) is 0. The molecule has 53 valence electrons. The summed E-state index contributed by atoms with van der Waals surface area (Å²) in [7, 11) is 0. The van der Waals surface area contributed by atoms with Crippen LogP contribution in [0.15, 0.2) is 0 Å². The van der Waals surface area contributed by atoms with Crippen molar-refractivity contribution in [3.05, 3.63) is 6.92 Å². The smallest absolute Gasteiger partial charge is 0.308 e.